The number of hydroxylamine groups is 2. The second-order valence-corrected chi connectivity index (χ2v) is 3.63. The Kier molecular flexibility index (Phi) is 4.83. The molecule has 0 saturated carbocycles. The molecular weight excluding hydrogens is 166 g/mol. The lowest BCUT2D eigenvalue weighted by molar-refractivity contribution is -0.188. The van der Waals surface area contributed by atoms with Crippen LogP contribution in [0.3, 0.4) is 0 Å². The molecule has 0 atom stereocenters. The van der Waals surface area contributed by atoms with E-state index in [4.69, 9.17) is 4.84 Å². The van der Waals surface area contributed by atoms with Crippen molar-refractivity contribution in [3.8, 4) is 0 Å². The first kappa shape index (κ1) is 10.5. The summed E-state index contributed by atoms with van der Waals surface area (Å²) in [5.74, 6) is -0.195. The SMILES string of the molecule is CC(=O)ON1CCCCCCCC1. The predicted molar refractivity (Wildman–Crippen MR) is 51.0 cm³/mol. The van der Waals surface area contributed by atoms with E-state index in [1.54, 1.807) is 0 Å². The molecule has 0 aliphatic carbocycles. The smallest absolute Gasteiger partial charge is 0.322 e. The fourth-order valence-corrected chi connectivity index (χ4v) is 1.67. The zero-order valence-corrected chi connectivity index (χ0v) is 8.42. The minimum atomic E-state index is -0.195. The van der Waals surface area contributed by atoms with E-state index in [2.05, 4.69) is 0 Å². The fraction of sp³-hybridized carbons (Fsp3) is 0.900. The molecule has 1 heterocycles. The van der Waals surface area contributed by atoms with Gasteiger partial charge in [0, 0.05) is 20.0 Å². The number of carbonyl (C=O) groups excluding carboxylic acids is 1. The van der Waals surface area contributed by atoms with Gasteiger partial charge in [-0.05, 0) is 12.8 Å². The molecule has 76 valence electrons. The van der Waals surface area contributed by atoms with Crippen molar-refractivity contribution in [2.24, 2.45) is 0 Å². The van der Waals surface area contributed by atoms with Gasteiger partial charge in [0.05, 0.1) is 0 Å². The minimum Gasteiger partial charge on any atom is -0.368 e. The van der Waals surface area contributed by atoms with E-state index in [0.29, 0.717) is 0 Å². The third kappa shape index (κ3) is 4.88. The highest BCUT2D eigenvalue weighted by Gasteiger charge is 2.09. The van der Waals surface area contributed by atoms with E-state index < -0.39 is 0 Å². The van der Waals surface area contributed by atoms with Gasteiger partial charge in [-0.15, -0.1) is 5.06 Å². The standard InChI is InChI=1S/C10H19NO2/c1-10(12)13-11-8-6-4-2-3-5-7-9-11/h2-9H2,1H3. The Morgan fingerprint density at radius 2 is 1.46 bits per heavy atom. The first-order valence-corrected chi connectivity index (χ1v) is 5.22. The molecule has 0 spiro atoms. The van der Waals surface area contributed by atoms with E-state index in [1.807, 2.05) is 5.06 Å². The lowest BCUT2D eigenvalue weighted by Crippen LogP contribution is -2.28. The average Bonchev–Trinajstić information content (AvgIpc) is 2.17. The molecular formula is C10H19NO2. The van der Waals surface area contributed by atoms with Gasteiger partial charge in [-0.25, -0.2) is 0 Å². The Balaban J connectivity index is 2.27. The number of hydrogen-bond donors (Lipinski definition) is 0. The summed E-state index contributed by atoms with van der Waals surface area (Å²) < 4.78 is 0. The Morgan fingerprint density at radius 3 is 1.92 bits per heavy atom. The molecule has 0 bridgehead atoms. The number of carbonyl (C=O) groups is 1. The molecule has 13 heavy (non-hydrogen) atoms. The zero-order chi connectivity index (χ0) is 9.52. The van der Waals surface area contributed by atoms with Crippen molar-refractivity contribution in [2.45, 2.75) is 45.4 Å². The topological polar surface area (TPSA) is 29.5 Å². The van der Waals surface area contributed by atoms with Crippen molar-refractivity contribution < 1.29 is 9.63 Å². The van der Waals surface area contributed by atoms with Crippen LogP contribution < -0.4 is 0 Å². The van der Waals surface area contributed by atoms with Crippen molar-refractivity contribution in [3.63, 3.8) is 0 Å². The summed E-state index contributed by atoms with van der Waals surface area (Å²) in [7, 11) is 0. The zero-order valence-electron chi connectivity index (χ0n) is 8.42. The molecule has 3 nitrogen and oxygen atoms in total. The summed E-state index contributed by atoms with van der Waals surface area (Å²) in [5, 5.41) is 1.81. The van der Waals surface area contributed by atoms with Crippen LogP contribution in [-0.4, -0.2) is 24.1 Å². The molecule has 1 saturated heterocycles. The average molecular weight is 185 g/mol. The van der Waals surface area contributed by atoms with Crippen molar-refractivity contribution in [1.82, 2.24) is 5.06 Å². The van der Waals surface area contributed by atoms with E-state index >= 15 is 0 Å². The molecule has 0 unspecified atom stereocenters. The van der Waals surface area contributed by atoms with E-state index in [0.717, 1.165) is 25.9 Å². The molecule has 0 N–H and O–H groups in total. The number of nitrogens with zero attached hydrogens (tertiary/aromatic N) is 1. The van der Waals surface area contributed by atoms with Crippen molar-refractivity contribution >= 4 is 5.97 Å². The molecule has 0 amide bonds. The Hall–Kier alpha value is -0.570. The Labute approximate surface area is 80.0 Å². The van der Waals surface area contributed by atoms with Gasteiger partial charge in [-0.3, -0.25) is 4.79 Å². The second kappa shape index (κ2) is 5.97. The summed E-state index contributed by atoms with van der Waals surface area (Å²) in [6.07, 6.45) is 7.47. The van der Waals surface area contributed by atoms with Gasteiger partial charge in [0.15, 0.2) is 0 Å². The maximum Gasteiger partial charge on any atom is 0.322 e. The van der Waals surface area contributed by atoms with Gasteiger partial charge in [-0.1, -0.05) is 25.7 Å². The fourth-order valence-electron chi connectivity index (χ4n) is 1.67. The molecule has 1 fully saturated rings. The number of rotatable bonds is 1. The van der Waals surface area contributed by atoms with Crippen LogP contribution in [0.2, 0.25) is 0 Å². The third-order valence-corrected chi connectivity index (χ3v) is 2.32. The van der Waals surface area contributed by atoms with Crippen molar-refractivity contribution in [1.29, 1.82) is 0 Å². The van der Waals surface area contributed by atoms with E-state index in [1.165, 1.54) is 32.6 Å². The van der Waals surface area contributed by atoms with E-state index in [-0.39, 0.29) is 5.97 Å². The maximum atomic E-state index is 10.7. The molecule has 1 aliphatic rings. The first-order chi connectivity index (χ1) is 6.29. The van der Waals surface area contributed by atoms with Crippen LogP contribution in [0.5, 0.6) is 0 Å². The monoisotopic (exact) mass is 185 g/mol. The van der Waals surface area contributed by atoms with Gasteiger partial charge in [0.1, 0.15) is 0 Å². The molecule has 0 aromatic heterocycles. The molecule has 0 radical (unpaired) electrons. The summed E-state index contributed by atoms with van der Waals surface area (Å²) in [6.45, 7) is 3.27. The summed E-state index contributed by atoms with van der Waals surface area (Å²) >= 11 is 0. The van der Waals surface area contributed by atoms with Crippen molar-refractivity contribution in [3.05, 3.63) is 0 Å². The van der Waals surface area contributed by atoms with Gasteiger partial charge < -0.3 is 4.84 Å². The van der Waals surface area contributed by atoms with Gasteiger partial charge in [0.2, 0.25) is 0 Å². The quantitative estimate of drug-likeness (QED) is 0.626. The van der Waals surface area contributed by atoms with Gasteiger partial charge >= 0.3 is 5.97 Å². The Bertz CT molecular complexity index is 149. The molecule has 3 heteroatoms. The number of hydrogen-bond acceptors (Lipinski definition) is 3. The van der Waals surface area contributed by atoms with Crippen LogP contribution in [0, 0.1) is 0 Å². The molecule has 0 aromatic rings. The lowest BCUT2D eigenvalue weighted by Gasteiger charge is -2.19. The largest absolute Gasteiger partial charge is 0.368 e. The van der Waals surface area contributed by atoms with Gasteiger partial charge in [-0.2, -0.15) is 0 Å². The normalized spacial score (nSPS) is 21.3. The van der Waals surface area contributed by atoms with Crippen LogP contribution in [-0.2, 0) is 9.63 Å². The second-order valence-electron chi connectivity index (χ2n) is 3.63. The van der Waals surface area contributed by atoms with Crippen LogP contribution in [0.1, 0.15) is 45.4 Å². The first-order valence-electron chi connectivity index (χ1n) is 5.22. The predicted octanol–water partition coefficient (Wildman–Crippen LogP) is 2.12. The summed E-state index contributed by atoms with van der Waals surface area (Å²) in [5.41, 5.74) is 0. The lowest BCUT2D eigenvalue weighted by atomic mass is 10.1. The molecule has 0 aromatic carbocycles. The Morgan fingerprint density at radius 1 is 1.00 bits per heavy atom. The minimum absolute atomic E-state index is 0.195. The summed E-state index contributed by atoms with van der Waals surface area (Å²) in [6, 6.07) is 0. The van der Waals surface area contributed by atoms with Crippen molar-refractivity contribution in [2.75, 3.05) is 13.1 Å². The van der Waals surface area contributed by atoms with Crippen LogP contribution in [0.4, 0.5) is 0 Å². The van der Waals surface area contributed by atoms with Gasteiger partial charge in [0.25, 0.3) is 0 Å². The van der Waals surface area contributed by atoms with E-state index in [9.17, 15) is 4.79 Å². The third-order valence-electron chi connectivity index (χ3n) is 2.32. The maximum absolute atomic E-state index is 10.7. The highest BCUT2D eigenvalue weighted by molar-refractivity contribution is 5.65. The van der Waals surface area contributed by atoms with Crippen LogP contribution in [0.25, 0.3) is 0 Å². The highest BCUT2D eigenvalue weighted by Crippen LogP contribution is 2.11. The molecule has 1 aliphatic heterocycles. The van der Waals surface area contributed by atoms with Crippen LogP contribution in [0.15, 0.2) is 0 Å². The summed E-state index contributed by atoms with van der Waals surface area (Å²) in [4.78, 5) is 15.8. The molecule has 1 rings (SSSR count). The van der Waals surface area contributed by atoms with Crippen LogP contribution >= 0.6 is 0 Å². The highest BCUT2D eigenvalue weighted by atomic mass is 16.7.